The zero-order valence-electron chi connectivity index (χ0n) is 15.7. The lowest BCUT2D eigenvalue weighted by Gasteiger charge is -2.09. The van der Waals surface area contributed by atoms with Gasteiger partial charge in [0.1, 0.15) is 11.5 Å². The van der Waals surface area contributed by atoms with Crippen LogP contribution in [-0.4, -0.2) is 51.0 Å². The van der Waals surface area contributed by atoms with Crippen molar-refractivity contribution >= 4 is 18.0 Å². The van der Waals surface area contributed by atoms with Crippen molar-refractivity contribution in [2.75, 3.05) is 27.9 Å². The van der Waals surface area contributed by atoms with Gasteiger partial charge in [0.05, 0.1) is 34.1 Å². The van der Waals surface area contributed by atoms with Gasteiger partial charge in [0, 0.05) is 11.1 Å². The van der Waals surface area contributed by atoms with Crippen LogP contribution in [0.5, 0.6) is 23.0 Å². The maximum absolute atomic E-state index is 12.2. The summed E-state index contributed by atoms with van der Waals surface area (Å²) in [6.45, 7) is -0.283. The summed E-state index contributed by atoms with van der Waals surface area (Å²) in [5, 5.41) is 16.0. The third kappa shape index (κ3) is 5.37. The van der Waals surface area contributed by atoms with Crippen molar-refractivity contribution < 1.29 is 28.9 Å². The van der Waals surface area contributed by atoms with Gasteiger partial charge in [-0.3, -0.25) is 9.59 Å². The van der Waals surface area contributed by atoms with Gasteiger partial charge in [0.25, 0.3) is 11.8 Å². The van der Waals surface area contributed by atoms with Gasteiger partial charge in [-0.2, -0.15) is 5.10 Å². The number of hydrazone groups is 1. The Hall–Kier alpha value is -3.75. The number of carbonyl (C=O) groups excluding carboxylic acids is 2. The largest absolute Gasteiger partial charge is 0.507 e. The highest BCUT2D eigenvalue weighted by Gasteiger charge is 2.11. The molecule has 148 valence electrons. The lowest BCUT2D eigenvalue weighted by Crippen LogP contribution is -2.34. The topological polar surface area (TPSA) is 118 Å². The maximum Gasteiger partial charge on any atom is 0.259 e. The van der Waals surface area contributed by atoms with E-state index in [2.05, 4.69) is 15.8 Å². The molecule has 0 unspecified atom stereocenters. The fourth-order valence-corrected chi connectivity index (χ4v) is 2.22. The van der Waals surface area contributed by atoms with Crippen molar-refractivity contribution in [1.82, 2.24) is 10.7 Å². The third-order valence-corrected chi connectivity index (χ3v) is 3.68. The smallest absolute Gasteiger partial charge is 0.259 e. The van der Waals surface area contributed by atoms with Crippen LogP contribution in [0.4, 0.5) is 0 Å². The Kier molecular flexibility index (Phi) is 7.21. The summed E-state index contributed by atoms with van der Waals surface area (Å²) in [6.07, 6.45) is 1.27. The van der Waals surface area contributed by atoms with E-state index in [0.717, 1.165) is 0 Å². The number of ether oxygens (including phenoxy) is 3. The lowest BCUT2D eigenvalue weighted by atomic mass is 10.2. The molecule has 28 heavy (non-hydrogen) atoms. The predicted molar refractivity (Wildman–Crippen MR) is 102 cm³/mol. The summed E-state index contributed by atoms with van der Waals surface area (Å²) in [7, 11) is 4.45. The minimum atomic E-state index is -0.535. The summed E-state index contributed by atoms with van der Waals surface area (Å²) in [5.41, 5.74) is 2.95. The molecule has 0 aliphatic rings. The molecule has 0 spiro atoms. The van der Waals surface area contributed by atoms with Crippen molar-refractivity contribution in [1.29, 1.82) is 0 Å². The van der Waals surface area contributed by atoms with Gasteiger partial charge in [-0.1, -0.05) is 0 Å². The Labute approximate surface area is 161 Å². The third-order valence-electron chi connectivity index (χ3n) is 3.68. The molecule has 2 rings (SSSR count). The average molecular weight is 387 g/mol. The number of carbonyl (C=O) groups is 2. The second-order valence-corrected chi connectivity index (χ2v) is 5.47. The average Bonchev–Trinajstić information content (AvgIpc) is 2.72. The van der Waals surface area contributed by atoms with Gasteiger partial charge in [0.15, 0.2) is 11.5 Å². The van der Waals surface area contributed by atoms with Crippen LogP contribution in [0.3, 0.4) is 0 Å². The number of hydrogen-bond acceptors (Lipinski definition) is 7. The summed E-state index contributed by atoms with van der Waals surface area (Å²) < 4.78 is 15.3. The molecule has 9 heteroatoms. The molecule has 0 aromatic heterocycles. The molecular formula is C19H21N3O6. The van der Waals surface area contributed by atoms with Crippen LogP contribution >= 0.6 is 0 Å². The van der Waals surface area contributed by atoms with E-state index in [1.54, 1.807) is 24.3 Å². The van der Waals surface area contributed by atoms with Crippen molar-refractivity contribution in [3.63, 3.8) is 0 Å². The fraction of sp³-hybridized carbons (Fsp3) is 0.211. The molecule has 9 nitrogen and oxygen atoms in total. The number of rotatable bonds is 8. The van der Waals surface area contributed by atoms with Gasteiger partial charge in [-0.05, 0) is 36.4 Å². The van der Waals surface area contributed by atoms with E-state index < -0.39 is 11.8 Å². The number of benzene rings is 2. The molecule has 0 fully saturated rings. The van der Waals surface area contributed by atoms with Gasteiger partial charge >= 0.3 is 0 Å². The number of hydrogen-bond donors (Lipinski definition) is 3. The number of amides is 2. The van der Waals surface area contributed by atoms with E-state index in [9.17, 15) is 14.7 Å². The van der Waals surface area contributed by atoms with Crippen molar-refractivity contribution in [2.24, 2.45) is 5.10 Å². The van der Waals surface area contributed by atoms with Crippen LogP contribution in [0.25, 0.3) is 0 Å². The van der Waals surface area contributed by atoms with Crippen LogP contribution in [-0.2, 0) is 4.79 Å². The standard InChI is InChI=1S/C19H21N3O6/c1-26-14-5-6-15(23)13(8-14)10-21-22-18(24)11-20-19(25)12-4-7-16(27-2)17(9-12)28-3/h4-10,23H,11H2,1-3H3,(H,20,25)(H,22,24)/b21-10-. The first-order valence-electron chi connectivity index (χ1n) is 8.17. The highest BCUT2D eigenvalue weighted by Crippen LogP contribution is 2.27. The van der Waals surface area contributed by atoms with Crippen molar-refractivity contribution in [3.8, 4) is 23.0 Å². The Balaban J connectivity index is 1.89. The molecule has 0 bridgehead atoms. The summed E-state index contributed by atoms with van der Waals surface area (Å²) >= 11 is 0. The Bertz CT molecular complexity index is 882. The normalized spacial score (nSPS) is 10.4. The molecule has 3 N–H and O–H groups in total. The van der Waals surface area contributed by atoms with Crippen LogP contribution in [0, 0.1) is 0 Å². The van der Waals surface area contributed by atoms with E-state index in [4.69, 9.17) is 14.2 Å². The molecule has 2 amide bonds. The van der Waals surface area contributed by atoms with Crippen LogP contribution in [0.2, 0.25) is 0 Å². The molecule has 0 atom stereocenters. The monoisotopic (exact) mass is 387 g/mol. The zero-order valence-corrected chi connectivity index (χ0v) is 15.7. The molecular weight excluding hydrogens is 366 g/mol. The number of methoxy groups -OCH3 is 3. The number of phenols is 1. The highest BCUT2D eigenvalue weighted by atomic mass is 16.5. The molecule has 2 aromatic carbocycles. The maximum atomic E-state index is 12.2. The summed E-state index contributed by atoms with van der Waals surface area (Å²) in [6, 6.07) is 9.26. The number of phenolic OH excluding ortho intramolecular Hbond substituents is 1. The second-order valence-electron chi connectivity index (χ2n) is 5.47. The number of aromatic hydroxyl groups is 1. The first-order chi connectivity index (χ1) is 13.5. The minimum absolute atomic E-state index is 0.0134. The van der Waals surface area contributed by atoms with Gasteiger partial charge in [-0.25, -0.2) is 5.43 Å². The Morgan fingerprint density at radius 2 is 1.79 bits per heavy atom. The SMILES string of the molecule is COc1ccc(O)c(/C=N\NC(=O)CNC(=O)c2ccc(OC)c(OC)c2)c1. The lowest BCUT2D eigenvalue weighted by molar-refractivity contribution is -0.120. The van der Waals surface area contributed by atoms with Gasteiger partial charge in [0.2, 0.25) is 0 Å². The van der Waals surface area contributed by atoms with E-state index in [-0.39, 0.29) is 12.3 Å². The molecule has 0 aliphatic carbocycles. The molecule has 0 saturated heterocycles. The van der Waals surface area contributed by atoms with E-state index in [1.165, 1.54) is 39.7 Å². The zero-order chi connectivity index (χ0) is 20.5. The first-order valence-corrected chi connectivity index (χ1v) is 8.17. The predicted octanol–water partition coefficient (Wildman–Crippen LogP) is 1.30. The van der Waals surface area contributed by atoms with Gasteiger partial charge < -0.3 is 24.6 Å². The van der Waals surface area contributed by atoms with Crippen LogP contribution < -0.4 is 25.0 Å². The number of nitrogens with one attached hydrogen (secondary N) is 2. The highest BCUT2D eigenvalue weighted by molar-refractivity contribution is 5.97. The van der Waals surface area contributed by atoms with Crippen molar-refractivity contribution in [3.05, 3.63) is 47.5 Å². The van der Waals surface area contributed by atoms with Crippen LogP contribution in [0.15, 0.2) is 41.5 Å². The van der Waals surface area contributed by atoms with E-state index in [1.807, 2.05) is 0 Å². The second kappa shape index (κ2) is 9.81. The van der Waals surface area contributed by atoms with Crippen LogP contribution in [0.1, 0.15) is 15.9 Å². The minimum Gasteiger partial charge on any atom is -0.507 e. The Morgan fingerprint density at radius 3 is 2.46 bits per heavy atom. The Morgan fingerprint density at radius 1 is 1.04 bits per heavy atom. The quantitative estimate of drug-likeness (QED) is 0.464. The molecule has 0 aliphatic heterocycles. The fourth-order valence-electron chi connectivity index (χ4n) is 2.22. The van der Waals surface area contributed by atoms with Crippen molar-refractivity contribution in [2.45, 2.75) is 0 Å². The molecule has 0 saturated carbocycles. The summed E-state index contributed by atoms with van der Waals surface area (Å²) in [4.78, 5) is 24.0. The number of nitrogens with zero attached hydrogens (tertiary/aromatic N) is 1. The molecule has 0 radical (unpaired) electrons. The first kappa shape index (κ1) is 20.6. The molecule has 0 heterocycles. The molecule has 2 aromatic rings. The van der Waals surface area contributed by atoms with E-state index in [0.29, 0.717) is 28.4 Å². The van der Waals surface area contributed by atoms with Gasteiger partial charge in [-0.15, -0.1) is 0 Å². The summed E-state index contributed by atoms with van der Waals surface area (Å²) in [5.74, 6) is 0.431. The van der Waals surface area contributed by atoms with E-state index >= 15 is 0 Å².